The Morgan fingerprint density at radius 2 is 1.93 bits per heavy atom. The van der Waals surface area contributed by atoms with E-state index in [2.05, 4.69) is 22.6 Å². The Labute approximate surface area is 188 Å². The highest BCUT2D eigenvalue weighted by atomic mass is 127. The van der Waals surface area contributed by atoms with E-state index in [-0.39, 0.29) is 25.0 Å². The van der Waals surface area contributed by atoms with E-state index in [1.807, 2.05) is 57.2 Å². The van der Waals surface area contributed by atoms with E-state index in [0.29, 0.717) is 0 Å². The average Bonchev–Trinajstić information content (AvgIpc) is 2.96. The van der Waals surface area contributed by atoms with Crippen molar-refractivity contribution in [3.05, 3.63) is 62.7 Å². The first kappa shape index (κ1) is 22.1. The van der Waals surface area contributed by atoms with Gasteiger partial charge >= 0.3 is 5.97 Å². The number of rotatable bonds is 6. The molecule has 7 heteroatoms. The summed E-state index contributed by atoms with van der Waals surface area (Å²) >= 11 is 3.41. The van der Waals surface area contributed by atoms with E-state index in [0.717, 1.165) is 25.2 Å². The molecule has 0 saturated carbocycles. The van der Waals surface area contributed by atoms with Gasteiger partial charge in [0.15, 0.2) is 4.75 Å². The van der Waals surface area contributed by atoms with Crippen molar-refractivity contribution < 1.29 is 19.8 Å². The van der Waals surface area contributed by atoms with Crippen molar-refractivity contribution in [1.82, 2.24) is 4.90 Å². The molecule has 1 heterocycles. The summed E-state index contributed by atoms with van der Waals surface area (Å²) in [4.78, 5) is 28.2. The van der Waals surface area contributed by atoms with Crippen molar-refractivity contribution in [2.24, 2.45) is 0 Å². The van der Waals surface area contributed by atoms with Gasteiger partial charge in [0.2, 0.25) is 5.91 Å². The molecule has 3 rings (SSSR count). The summed E-state index contributed by atoms with van der Waals surface area (Å²) in [6, 6.07) is 12.4. The Morgan fingerprint density at radius 1 is 1.28 bits per heavy atom. The van der Waals surface area contributed by atoms with Crippen LogP contribution < -0.4 is 0 Å². The van der Waals surface area contributed by atoms with Crippen LogP contribution in [0.15, 0.2) is 47.4 Å². The molecule has 1 aliphatic heterocycles. The Morgan fingerprint density at radius 3 is 2.45 bits per heavy atom. The lowest BCUT2D eigenvalue weighted by atomic mass is 9.91. The van der Waals surface area contributed by atoms with Gasteiger partial charge in [-0.3, -0.25) is 9.59 Å². The maximum atomic E-state index is 13.0. The van der Waals surface area contributed by atoms with Gasteiger partial charge in [-0.2, -0.15) is 0 Å². The van der Waals surface area contributed by atoms with Gasteiger partial charge in [-0.1, -0.05) is 29.8 Å². The van der Waals surface area contributed by atoms with Crippen molar-refractivity contribution >= 4 is 46.2 Å². The largest absolute Gasteiger partial charge is 0.480 e. The maximum absolute atomic E-state index is 13.0. The summed E-state index contributed by atoms with van der Waals surface area (Å²) in [5.41, 5.74) is 2.64. The third-order valence-corrected chi connectivity index (χ3v) is 7.55. The molecule has 1 saturated heterocycles. The number of amides is 1. The second-order valence-electron chi connectivity index (χ2n) is 7.60. The monoisotopic (exact) mass is 525 g/mol. The van der Waals surface area contributed by atoms with Gasteiger partial charge in [0.25, 0.3) is 0 Å². The fourth-order valence-electron chi connectivity index (χ4n) is 3.80. The van der Waals surface area contributed by atoms with Crippen LogP contribution in [-0.4, -0.2) is 37.8 Å². The lowest BCUT2D eigenvalue weighted by Gasteiger charge is -2.37. The number of aliphatic carboxylic acids is 1. The number of benzene rings is 2. The van der Waals surface area contributed by atoms with Gasteiger partial charge in [0, 0.05) is 14.5 Å². The zero-order valence-corrected chi connectivity index (χ0v) is 19.5. The highest BCUT2D eigenvalue weighted by Gasteiger charge is 2.59. The molecule has 2 aromatic rings. The topological polar surface area (TPSA) is 77.8 Å². The third-order valence-electron chi connectivity index (χ3n) is 5.20. The second-order valence-corrected chi connectivity index (χ2v) is 10.2. The molecule has 0 spiro atoms. The summed E-state index contributed by atoms with van der Waals surface area (Å²) in [5.74, 6) is -1.15. The Balaban J connectivity index is 2.17. The molecule has 0 aliphatic carbocycles. The smallest absolute Gasteiger partial charge is 0.323 e. The van der Waals surface area contributed by atoms with E-state index in [1.54, 1.807) is 11.0 Å². The van der Waals surface area contributed by atoms with Gasteiger partial charge in [-0.15, -0.1) is 11.8 Å². The first-order valence-electron chi connectivity index (χ1n) is 9.39. The highest BCUT2D eigenvalue weighted by molar-refractivity contribution is 14.1. The molecule has 1 fully saturated rings. The number of carbonyl (C=O) groups excluding carboxylic acids is 1. The van der Waals surface area contributed by atoms with E-state index < -0.39 is 16.8 Å². The normalized spacial score (nSPS) is 21.8. The minimum Gasteiger partial charge on any atom is -0.480 e. The SMILES string of the molecule is Cc1ccc(S[C@]2(C(=O)O)CC(=O)N(C(C)C)[C@@H]2c2ccc(CO)cc2I)cc1. The van der Waals surface area contributed by atoms with Crippen LogP contribution in [0.3, 0.4) is 0 Å². The van der Waals surface area contributed by atoms with Crippen molar-refractivity contribution in [1.29, 1.82) is 0 Å². The number of halogens is 1. The minimum atomic E-state index is -1.34. The zero-order chi connectivity index (χ0) is 21.3. The third kappa shape index (κ3) is 4.18. The van der Waals surface area contributed by atoms with Crippen LogP contribution in [-0.2, 0) is 16.2 Å². The van der Waals surface area contributed by atoms with Gasteiger partial charge in [0.05, 0.1) is 19.1 Å². The summed E-state index contributed by atoms with van der Waals surface area (Å²) in [5, 5.41) is 19.8. The van der Waals surface area contributed by atoms with Crippen molar-refractivity contribution in [3.8, 4) is 0 Å². The minimum absolute atomic E-state index is 0.0679. The molecule has 2 atom stereocenters. The van der Waals surface area contributed by atoms with Crippen LogP contribution in [0.25, 0.3) is 0 Å². The van der Waals surface area contributed by atoms with Crippen LogP contribution in [0, 0.1) is 10.5 Å². The maximum Gasteiger partial charge on any atom is 0.323 e. The second kappa shape index (κ2) is 8.65. The predicted molar refractivity (Wildman–Crippen MR) is 122 cm³/mol. The zero-order valence-electron chi connectivity index (χ0n) is 16.6. The number of carbonyl (C=O) groups is 2. The Hall–Kier alpha value is -1.58. The molecule has 0 bridgehead atoms. The molecule has 5 nitrogen and oxygen atoms in total. The van der Waals surface area contributed by atoms with E-state index in [4.69, 9.17) is 0 Å². The number of carboxylic acid groups (broad SMARTS) is 1. The number of hydrogen-bond donors (Lipinski definition) is 2. The summed E-state index contributed by atoms with van der Waals surface area (Å²) < 4.78 is -0.494. The number of aliphatic hydroxyl groups excluding tert-OH is 1. The fraction of sp³-hybridized carbons (Fsp3) is 0.364. The summed E-state index contributed by atoms with van der Waals surface area (Å²) in [7, 11) is 0. The van der Waals surface area contributed by atoms with Gasteiger partial charge in [-0.25, -0.2) is 0 Å². The number of likely N-dealkylation sites (tertiary alicyclic amines) is 1. The van der Waals surface area contributed by atoms with Crippen molar-refractivity contribution in [2.75, 3.05) is 0 Å². The van der Waals surface area contributed by atoms with Gasteiger partial charge in [0.1, 0.15) is 0 Å². The Kier molecular flexibility index (Phi) is 6.60. The molecule has 0 unspecified atom stereocenters. The first-order chi connectivity index (χ1) is 13.7. The van der Waals surface area contributed by atoms with Crippen LogP contribution in [0.2, 0.25) is 0 Å². The standard InChI is InChI=1S/C22H24INO4S/c1-13(2)24-19(26)11-22(21(27)28,29-16-7-4-14(3)5-8-16)20(24)17-9-6-15(12-25)10-18(17)23/h4-10,13,20,25H,11-12H2,1-3H3,(H,27,28)/t20-,22-/m1/s1. The molecule has 0 aromatic heterocycles. The predicted octanol–water partition coefficient (Wildman–Crippen LogP) is 4.39. The summed E-state index contributed by atoms with van der Waals surface area (Å²) in [6.07, 6.45) is -0.0679. The molecule has 2 N–H and O–H groups in total. The van der Waals surface area contributed by atoms with Crippen LogP contribution in [0.1, 0.15) is 43.0 Å². The molecule has 1 aliphatic rings. The number of thioether (sulfide) groups is 1. The molecule has 29 heavy (non-hydrogen) atoms. The number of aliphatic hydroxyl groups is 1. The molecule has 0 radical (unpaired) electrons. The van der Waals surface area contributed by atoms with E-state index in [9.17, 15) is 19.8 Å². The Bertz CT molecular complexity index is 931. The number of hydrogen-bond acceptors (Lipinski definition) is 4. The molecule has 154 valence electrons. The molecular weight excluding hydrogens is 501 g/mol. The molecule has 2 aromatic carbocycles. The van der Waals surface area contributed by atoms with Crippen molar-refractivity contribution in [2.45, 2.75) is 55.5 Å². The number of aryl methyl sites for hydroxylation is 1. The summed E-state index contributed by atoms with van der Waals surface area (Å²) in [6.45, 7) is 5.72. The lowest BCUT2D eigenvalue weighted by Crippen LogP contribution is -2.44. The fourth-order valence-corrected chi connectivity index (χ4v) is 6.01. The highest BCUT2D eigenvalue weighted by Crippen LogP contribution is 2.54. The van der Waals surface area contributed by atoms with E-state index >= 15 is 0 Å². The van der Waals surface area contributed by atoms with E-state index in [1.165, 1.54) is 11.8 Å². The molecule has 1 amide bonds. The van der Waals surface area contributed by atoms with Crippen LogP contribution in [0.4, 0.5) is 0 Å². The number of nitrogens with zero attached hydrogens (tertiary/aromatic N) is 1. The van der Waals surface area contributed by atoms with Crippen LogP contribution in [0.5, 0.6) is 0 Å². The average molecular weight is 525 g/mol. The lowest BCUT2D eigenvalue weighted by molar-refractivity contribution is -0.140. The van der Waals surface area contributed by atoms with Gasteiger partial charge < -0.3 is 15.1 Å². The quantitative estimate of drug-likeness (QED) is 0.548. The number of carboxylic acids is 1. The van der Waals surface area contributed by atoms with Crippen LogP contribution >= 0.6 is 34.4 Å². The van der Waals surface area contributed by atoms with Crippen molar-refractivity contribution in [3.63, 3.8) is 0 Å². The first-order valence-corrected chi connectivity index (χ1v) is 11.3. The van der Waals surface area contributed by atoms with Gasteiger partial charge in [-0.05, 0) is 72.7 Å². The molecular formula is C22H24INO4S.